The third-order valence-electron chi connectivity index (χ3n) is 5.64. The molecule has 0 aromatic carbocycles. The quantitative estimate of drug-likeness (QED) is 0.784. The minimum Gasteiger partial charge on any atom is -0.462 e. The van der Waals surface area contributed by atoms with Gasteiger partial charge in [0.1, 0.15) is 16.9 Å². The van der Waals surface area contributed by atoms with Gasteiger partial charge in [-0.15, -0.1) is 0 Å². The van der Waals surface area contributed by atoms with E-state index in [-0.39, 0.29) is 11.3 Å². The van der Waals surface area contributed by atoms with E-state index in [9.17, 15) is 4.79 Å². The van der Waals surface area contributed by atoms with Gasteiger partial charge in [-0.05, 0) is 30.3 Å². The monoisotopic (exact) mass is 435 g/mol. The van der Waals surface area contributed by atoms with Gasteiger partial charge in [-0.25, -0.2) is 4.98 Å². The predicted octanol–water partition coefficient (Wildman–Crippen LogP) is 4.14. The summed E-state index contributed by atoms with van der Waals surface area (Å²) in [7, 11) is 1.92. The third-order valence-corrected chi connectivity index (χ3v) is 6.75. The van der Waals surface area contributed by atoms with Crippen LogP contribution >= 0.6 is 11.3 Å². The molecule has 1 amide bonds. The molecule has 0 bridgehead atoms. The fourth-order valence-electron chi connectivity index (χ4n) is 4.05. The fourth-order valence-corrected chi connectivity index (χ4v) is 5.01. The zero-order valence-corrected chi connectivity index (χ0v) is 18.7. The van der Waals surface area contributed by atoms with Crippen LogP contribution in [0.1, 0.15) is 47.6 Å². The molecule has 0 saturated heterocycles. The Balaban J connectivity index is 1.51. The van der Waals surface area contributed by atoms with Crippen LogP contribution in [0.5, 0.6) is 0 Å². The number of aromatic nitrogens is 3. The molecule has 7 nitrogen and oxygen atoms in total. The van der Waals surface area contributed by atoms with E-state index in [4.69, 9.17) is 9.72 Å². The first-order valence-corrected chi connectivity index (χ1v) is 11.2. The highest BCUT2D eigenvalue weighted by Gasteiger charge is 2.31. The van der Waals surface area contributed by atoms with Gasteiger partial charge in [0.2, 0.25) is 0 Å². The summed E-state index contributed by atoms with van der Waals surface area (Å²) in [6.45, 7) is 4.96. The molecule has 0 saturated carbocycles. The second-order valence-electron chi connectivity index (χ2n) is 8.84. The average Bonchev–Trinajstić information content (AvgIpc) is 3.36. The van der Waals surface area contributed by atoms with Crippen molar-refractivity contribution in [1.29, 1.82) is 0 Å². The van der Waals surface area contributed by atoms with Gasteiger partial charge in [-0.2, -0.15) is 5.10 Å². The number of aryl methyl sites for hydroxylation is 1. The third kappa shape index (κ3) is 3.83. The average molecular weight is 436 g/mol. The van der Waals surface area contributed by atoms with Gasteiger partial charge in [0.25, 0.3) is 5.91 Å². The first kappa shape index (κ1) is 19.8. The van der Waals surface area contributed by atoms with E-state index < -0.39 is 0 Å². The lowest BCUT2D eigenvalue weighted by atomic mass is 9.88. The summed E-state index contributed by atoms with van der Waals surface area (Å²) in [5, 5.41) is 8.11. The van der Waals surface area contributed by atoms with Gasteiger partial charge in [0.05, 0.1) is 18.1 Å². The number of fused-ring (bicyclic) bond motifs is 1. The molecule has 8 heteroatoms. The van der Waals surface area contributed by atoms with Crippen LogP contribution in [0.3, 0.4) is 0 Å². The smallest absolute Gasteiger partial charge is 0.263 e. The van der Waals surface area contributed by atoms with E-state index in [1.165, 1.54) is 11.3 Å². The Hall–Kier alpha value is -3.13. The Kier molecular flexibility index (Phi) is 4.81. The lowest BCUT2D eigenvalue weighted by Gasteiger charge is -2.23. The Morgan fingerprint density at radius 2 is 2.19 bits per heavy atom. The van der Waals surface area contributed by atoms with Crippen LogP contribution in [-0.4, -0.2) is 27.2 Å². The van der Waals surface area contributed by atoms with Crippen molar-refractivity contribution in [3.8, 4) is 0 Å². The second kappa shape index (κ2) is 7.53. The van der Waals surface area contributed by atoms with Crippen molar-refractivity contribution in [1.82, 2.24) is 20.1 Å². The SMILES string of the molecule is Cn1cc(C2=C(C3=CN(c4nc5c(s4)C(=O)NCC(C)(C)C5)C=CO3)CCC=C2)cn1. The number of ether oxygens (including phenoxy) is 1. The molecule has 1 aliphatic carbocycles. The molecule has 2 aromatic heterocycles. The van der Waals surface area contributed by atoms with Crippen LogP contribution in [0.4, 0.5) is 5.13 Å². The molecule has 2 aliphatic heterocycles. The number of anilines is 1. The molecule has 31 heavy (non-hydrogen) atoms. The molecule has 4 heterocycles. The van der Waals surface area contributed by atoms with Crippen LogP contribution < -0.4 is 10.2 Å². The number of carbonyl (C=O) groups excluding carboxylic acids is 1. The zero-order valence-electron chi connectivity index (χ0n) is 17.9. The molecule has 3 aliphatic rings. The van der Waals surface area contributed by atoms with E-state index in [1.807, 2.05) is 36.7 Å². The summed E-state index contributed by atoms with van der Waals surface area (Å²) in [4.78, 5) is 20.0. The second-order valence-corrected chi connectivity index (χ2v) is 9.81. The van der Waals surface area contributed by atoms with Crippen molar-refractivity contribution in [3.63, 3.8) is 0 Å². The van der Waals surface area contributed by atoms with Crippen LogP contribution in [0.2, 0.25) is 0 Å². The summed E-state index contributed by atoms with van der Waals surface area (Å²) in [6.07, 6.45) is 16.3. The van der Waals surface area contributed by atoms with Crippen molar-refractivity contribution in [2.24, 2.45) is 12.5 Å². The summed E-state index contributed by atoms with van der Waals surface area (Å²) in [5.41, 5.74) is 4.18. The molecular weight excluding hydrogens is 410 g/mol. The number of hydrogen-bond donors (Lipinski definition) is 1. The maximum atomic E-state index is 12.6. The Labute approximate surface area is 185 Å². The first-order chi connectivity index (χ1) is 14.9. The summed E-state index contributed by atoms with van der Waals surface area (Å²) >= 11 is 1.42. The topological polar surface area (TPSA) is 72.3 Å². The molecule has 2 aromatic rings. The molecule has 160 valence electrons. The highest BCUT2D eigenvalue weighted by atomic mass is 32.1. The van der Waals surface area contributed by atoms with E-state index in [0.717, 1.165) is 52.6 Å². The lowest BCUT2D eigenvalue weighted by molar-refractivity contribution is 0.0948. The number of nitrogens with zero attached hydrogens (tertiary/aromatic N) is 4. The van der Waals surface area contributed by atoms with Gasteiger partial charge in [-0.3, -0.25) is 14.4 Å². The van der Waals surface area contributed by atoms with Gasteiger partial charge in [0.15, 0.2) is 5.13 Å². The molecule has 5 rings (SSSR count). The van der Waals surface area contributed by atoms with E-state index in [0.29, 0.717) is 11.4 Å². The zero-order chi connectivity index (χ0) is 21.6. The summed E-state index contributed by atoms with van der Waals surface area (Å²) in [6, 6.07) is 0. The number of rotatable bonds is 3. The van der Waals surface area contributed by atoms with Crippen molar-refractivity contribution < 1.29 is 9.53 Å². The van der Waals surface area contributed by atoms with Gasteiger partial charge < -0.3 is 10.1 Å². The van der Waals surface area contributed by atoms with Crippen molar-refractivity contribution in [2.45, 2.75) is 33.1 Å². The van der Waals surface area contributed by atoms with Gasteiger partial charge in [-0.1, -0.05) is 37.3 Å². The van der Waals surface area contributed by atoms with Crippen LogP contribution in [0.25, 0.3) is 5.57 Å². The maximum absolute atomic E-state index is 12.6. The molecule has 0 unspecified atom stereocenters. The van der Waals surface area contributed by atoms with Gasteiger partial charge in [0, 0.05) is 37.1 Å². The number of amides is 1. The minimum atomic E-state index is -0.0373. The molecule has 0 radical (unpaired) electrons. The van der Waals surface area contributed by atoms with E-state index in [2.05, 4.69) is 36.4 Å². The van der Waals surface area contributed by atoms with Crippen LogP contribution in [0.15, 0.2) is 54.5 Å². The molecule has 0 atom stereocenters. The predicted molar refractivity (Wildman–Crippen MR) is 121 cm³/mol. The standard InChI is InChI=1S/C23H25N5O2S/c1-23(2)10-18-20(21(29)24-14-23)31-22(26-18)28-8-9-30-19(13-28)17-7-5-4-6-16(17)15-11-25-27(3)12-15/h4,6,8-9,11-13H,5,7,10,14H2,1-3H3,(H,24,29). The minimum absolute atomic E-state index is 0.0219. The van der Waals surface area contributed by atoms with Crippen molar-refractivity contribution in [2.75, 3.05) is 11.4 Å². The highest BCUT2D eigenvalue weighted by Crippen LogP contribution is 2.37. The Morgan fingerprint density at radius 3 is 3.00 bits per heavy atom. The number of carbonyl (C=O) groups is 1. The van der Waals surface area contributed by atoms with Crippen LogP contribution in [-0.2, 0) is 18.2 Å². The largest absolute Gasteiger partial charge is 0.462 e. The first-order valence-electron chi connectivity index (χ1n) is 10.4. The van der Waals surface area contributed by atoms with E-state index in [1.54, 1.807) is 10.9 Å². The molecule has 1 N–H and O–H groups in total. The fraction of sp³-hybridized carbons (Fsp3) is 0.348. The Bertz CT molecular complexity index is 1160. The number of allylic oxidation sites excluding steroid dienone is 4. The normalized spacial score (nSPS) is 20.2. The number of thiazole rings is 1. The Morgan fingerprint density at radius 1 is 1.32 bits per heavy atom. The maximum Gasteiger partial charge on any atom is 0.263 e. The number of hydrogen-bond acceptors (Lipinski definition) is 6. The van der Waals surface area contributed by atoms with Crippen molar-refractivity contribution >= 4 is 27.9 Å². The summed E-state index contributed by atoms with van der Waals surface area (Å²) in [5.74, 6) is 0.755. The molecule has 0 fully saturated rings. The van der Waals surface area contributed by atoms with Crippen LogP contribution in [0, 0.1) is 5.41 Å². The van der Waals surface area contributed by atoms with Crippen molar-refractivity contribution in [3.05, 3.63) is 70.7 Å². The highest BCUT2D eigenvalue weighted by molar-refractivity contribution is 7.17. The lowest BCUT2D eigenvalue weighted by Crippen LogP contribution is -2.31. The molecule has 0 spiro atoms. The molecular formula is C23H25N5O2S. The van der Waals surface area contributed by atoms with E-state index >= 15 is 0 Å². The summed E-state index contributed by atoms with van der Waals surface area (Å²) < 4.78 is 7.73. The van der Waals surface area contributed by atoms with Gasteiger partial charge >= 0.3 is 0 Å². The number of nitrogens with one attached hydrogen (secondary N) is 1.